The Kier molecular flexibility index (Phi) is 4.28. The van der Waals surface area contributed by atoms with E-state index in [0.29, 0.717) is 5.06 Å². The molecule has 0 bridgehead atoms. The monoisotopic (exact) mass is 173 g/mol. The van der Waals surface area contributed by atoms with Crippen LogP contribution in [0.15, 0.2) is 0 Å². The zero-order valence-corrected chi connectivity index (χ0v) is 7.59. The maximum absolute atomic E-state index is 11.0. The van der Waals surface area contributed by atoms with E-state index in [1.807, 2.05) is 0 Å². The van der Waals surface area contributed by atoms with Gasteiger partial charge in [0, 0.05) is 5.92 Å². The largest absolute Gasteiger partial charge is 0.355 e. The van der Waals surface area contributed by atoms with Crippen LogP contribution in [0.1, 0.15) is 20.8 Å². The Morgan fingerprint density at radius 1 is 1.67 bits per heavy atom. The molecule has 0 radical (unpaired) electrons. The molecular weight excluding hydrogens is 158 g/mol. The predicted molar refractivity (Wildman–Crippen MR) is 44.9 cm³/mol. The van der Waals surface area contributed by atoms with E-state index in [0.717, 1.165) is 0 Å². The fourth-order valence-electron chi connectivity index (χ4n) is 0.569. The Balaban J connectivity index is 3.79. The molecule has 0 spiro atoms. The van der Waals surface area contributed by atoms with Gasteiger partial charge >= 0.3 is 0 Å². The Hall–Kier alpha value is -1.10. The summed E-state index contributed by atoms with van der Waals surface area (Å²) in [6.45, 7) is 4.89. The third-order valence-electron chi connectivity index (χ3n) is 1.24. The van der Waals surface area contributed by atoms with Gasteiger partial charge in [0.1, 0.15) is 6.67 Å². The van der Waals surface area contributed by atoms with Gasteiger partial charge in [0.2, 0.25) is 5.91 Å². The highest BCUT2D eigenvalue weighted by Crippen LogP contribution is 1.96. The summed E-state index contributed by atoms with van der Waals surface area (Å²) < 4.78 is 0. The van der Waals surface area contributed by atoms with Crippen LogP contribution in [-0.4, -0.2) is 28.7 Å². The molecule has 5 heteroatoms. The molecule has 0 aliphatic rings. The lowest BCUT2D eigenvalue weighted by atomic mass is 10.2. The standard InChI is InChI=1S/C7H15N3O2/c1-5(2)7(11)10(12)4-9-6(3)8/h5,12H,4H2,1-3H3,(H2,8,9). The van der Waals surface area contributed by atoms with E-state index in [9.17, 15) is 4.79 Å². The van der Waals surface area contributed by atoms with Gasteiger partial charge in [-0.3, -0.25) is 15.4 Å². The quantitative estimate of drug-likeness (QED) is 0.190. The SMILES string of the molecule is CC(=N)NCN(O)C(=O)C(C)C. The summed E-state index contributed by atoms with van der Waals surface area (Å²) in [4.78, 5) is 11.0. The average Bonchev–Trinajstić information content (AvgIpc) is 1.98. The van der Waals surface area contributed by atoms with E-state index in [2.05, 4.69) is 5.32 Å². The molecule has 0 aliphatic carbocycles. The highest BCUT2D eigenvalue weighted by atomic mass is 16.5. The van der Waals surface area contributed by atoms with E-state index >= 15 is 0 Å². The van der Waals surface area contributed by atoms with Crippen LogP contribution in [0.3, 0.4) is 0 Å². The molecule has 0 rings (SSSR count). The molecule has 3 N–H and O–H groups in total. The molecule has 0 heterocycles. The molecule has 0 aliphatic heterocycles. The summed E-state index contributed by atoms with van der Waals surface area (Å²) in [5.74, 6) is -0.378. The number of nitrogens with zero attached hydrogens (tertiary/aromatic N) is 1. The van der Waals surface area contributed by atoms with Crippen molar-refractivity contribution in [3.8, 4) is 0 Å². The second-order valence-corrected chi connectivity index (χ2v) is 2.85. The van der Waals surface area contributed by atoms with Gasteiger partial charge in [-0.25, -0.2) is 5.06 Å². The lowest BCUT2D eigenvalue weighted by Crippen LogP contribution is -2.40. The van der Waals surface area contributed by atoms with Crippen molar-refractivity contribution in [1.29, 1.82) is 5.41 Å². The van der Waals surface area contributed by atoms with Crippen molar-refractivity contribution in [3.63, 3.8) is 0 Å². The van der Waals surface area contributed by atoms with E-state index in [-0.39, 0.29) is 24.3 Å². The second-order valence-electron chi connectivity index (χ2n) is 2.85. The summed E-state index contributed by atoms with van der Waals surface area (Å²) in [7, 11) is 0. The molecule has 5 nitrogen and oxygen atoms in total. The second kappa shape index (κ2) is 4.71. The van der Waals surface area contributed by atoms with Gasteiger partial charge < -0.3 is 5.32 Å². The van der Waals surface area contributed by atoms with Gasteiger partial charge in [0.05, 0.1) is 5.84 Å². The van der Waals surface area contributed by atoms with Crippen molar-refractivity contribution in [3.05, 3.63) is 0 Å². The fraction of sp³-hybridized carbons (Fsp3) is 0.714. The number of hydroxylamine groups is 2. The lowest BCUT2D eigenvalue weighted by molar-refractivity contribution is -0.169. The van der Waals surface area contributed by atoms with Crippen LogP contribution in [0.4, 0.5) is 0 Å². The third-order valence-corrected chi connectivity index (χ3v) is 1.24. The summed E-state index contributed by atoms with van der Waals surface area (Å²) in [6, 6.07) is 0. The first-order valence-corrected chi connectivity index (χ1v) is 3.74. The van der Waals surface area contributed by atoms with Gasteiger partial charge in [-0.1, -0.05) is 13.8 Å². The van der Waals surface area contributed by atoms with E-state index in [1.54, 1.807) is 13.8 Å². The highest BCUT2D eigenvalue weighted by Gasteiger charge is 2.13. The van der Waals surface area contributed by atoms with Crippen molar-refractivity contribution < 1.29 is 10.0 Å². The zero-order valence-electron chi connectivity index (χ0n) is 7.59. The molecular formula is C7H15N3O2. The first kappa shape index (κ1) is 10.9. The lowest BCUT2D eigenvalue weighted by Gasteiger charge is -2.17. The molecule has 0 fully saturated rings. The van der Waals surface area contributed by atoms with Gasteiger partial charge in [0.15, 0.2) is 0 Å². The fourth-order valence-corrected chi connectivity index (χ4v) is 0.569. The minimum Gasteiger partial charge on any atom is -0.355 e. The van der Waals surface area contributed by atoms with Crippen LogP contribution >= 0.6 is 0 Å². The average molecular weight is 173 g/mol. The van der Waals surface area contributed by atoms with E-state index in [4.69, 9.17) is 10.6 Å². The van der Waals surface area contributed by atoms with Crippen LogP contribution in [-0.2, 0) is 4.79 Å². The predicted octanol–water partition coefficient (Wildman–Crippen LogP) is 0.404. The normalized spacial score (nSPS) is 9.75. The molecule has 0 unspecified atom stereocenters. The van der Waals surface area contributed by atoms with Crippen molar-refractivity contribution >= 4 is 11.7 Å². The first-order valence-electron chi connectivity index (χ1n) is 3.74. The Labute approximate surface area is 71.8 Å². The highest BCUT2D eigenvalue weighted by molar-refractivity contribution is 5.78. The molecule has 1 amide bonds. The number of rotatable bonds is 3. The van der Waals surface area contributed by atoms with Crippen LogP contribution in [0.25, 0.3) is 0 Å². The number of amidine groups is 1. The molecule has 12 heavy (non-hydrogen) atoms. The zero-order chi connectivity index (χ0) is 9.72. The maximum Gasteiger partial charge on any atom is 0.250 e. The number of hydrogen-bond donors (Lipinski definition) is 3. The van der Waals surface area contributed by atoms with Crippen LogP contribution in [0, 0.1) is 11.3 Å². The van der Waals surface area contributed by atoms with Gasteiger partial charge in [-0.2, -0.15) is 0 Å². The minimum absolute atomic E-state index is 0.0354. The molecule has 0 saturated carbocycles. The van der Waals surface area contributed by atoms with Crippen molar-refractivity contribution in [2.24, 2.45) is 5.92 Å². The maximum atomic E-state index is 11.0. The van der Waals surface area contributed by atoms with Crippen molar-refractivity contribution in [1.82, 2.24) is 10.4 Å². The molecule has 0 aromatic heterocycles. The number of nitrogens with one attached hydrogen (secondary N) is 2. The van der Waals surface area contributed by atoms with Gasteiger partial charge in [-0.15, -0.1) is 0 Å². The summed E-state index contributed by atoms with van der Waals surface area (Å²) in [5.41, 5.74) is 0. The van der Waals surface area contributed by atoms with Crippen molar-refractivity contribution in [2.75, 3.05) is 6.67 Å². The number of carbonyl (C=O) groups excluding carboxylic acids is 1. The molecule has 0 atom stereocenters. The molecule has 0 saturated heterocycles. The third kappa shape index (κ3) is 3.92. The Morgan fingerprint density at radius 3 is 2.50 bits per heavy atom. The molecule has 70 valence electrons. The Morgan fingerprint density at radius 2 is 2.17 bits per heavy atom. The summed E-state index contributed by atoms with van der Waals surface area (Å²) >= 11 is 0. The number of hydrogen-bond acceptors (Lipinski definition) is 3. The van der Waals surface area contributed by atoms with Gasteiger partial charge in [0.25, 0.3) is 0 Å². The first-order chi connectivity index (χ1) is 5.45. The molecule has 0 aromatic rings. The topological polar surface area (TPSA) is 76.4 Å². The van der Waals surface area contributed by atoms with Gasteiger partial charge in [-0.05, 0) is 6.92 Å². The number of carbonyl (C=O) groups is 1. The van der Waals surface area contributed by atoms with Crippen LogP contribution in [0.2, 0.25) is 0 Å². The van der Waals surface area contributed by atoms with E-state index < -0.39 is 0 Å². The minimum atomic E-state index is -0.358. The van der Waals surface area contributed by atoms with Crippen LogP contribution < -0.4 is 5.32 Å². The van der Waals surface area contributed by atoms with Crippen molar-refractivity contribution in [2.45, 2.75) is 20.8 Å². The van der Waals surface area contributed by atoms with E-state index in [1.165, 1.54) is 6.92 Å². The Bertz CT molecular complexity index is 179. The smallest absolute Gasteiger partial charge is 0.250 e. The molecule has 0 aromatic carbocycles. The summed E-state index contributed by atoms with van der Waals surface area (Å²) in [6.07, 6.45) is 0. The number of amides is 1. The summed E-state index contributed by atoms with van der Waals surface area (Å²) in [5, 5.41) is 19.1. The van der Waals surface area contributed by atoms with Crippen LogP contribution in [0.5, 0.6) is 0 Å².